The maximum absolute atomic E-state index is 11.2. The van der Waals surface area contributed by atoms with Crippen LogP contribution < -0.4 is 0 Å². The first-order valence-corrected chi connectivity index (χ1v) is 4.56. The summed E-state index contributed by atoms with van der Waals surface area (Å²) in [6, 6.07) is 0. The monoisotopic (exact) mass is 186 g/mol. The summed E-state index contributed by atoms with van der Waals surface area (Å²) in [5.74, 6) is -1.58. The van der Waals surface area contributed by atoms with Crippen LogP contribution in [0.1, 0.15) is 26.7 Å². The molecule has 0 N–H and O–H groups in total. The molecule has 1 aliphatic rings. The Morgan fingerprint density at radius 1 is 1.62 bits per heavy atom. The van der Waals surface area contributed by atoms with Gasteiger partial charge in [-0.2, -0.15) is 0 Å². The van der Waals surface area contributed by atoms with Crippen LogP contribution in [0.2, 0.25) is 0 Å². The van der Waals surface area contributed by atoms with Gasteiger partial charge in [-0.3, -0.25) is 9.59 Å². The molecule has 1 fully saturated rings. The number of esters is 2. The molecule has 0 bridgehead atoms. The zero-order valence-corrected chi connectivity index (χ0v) is 7.91. The molecule has 4 nitrogen and oxygen atoms in total. The van der Waals surface area contributed by atoms with Crippen molar-refractivity contribution in [3.8, 4) is 0 Å². The minimum atomic E-state index is -0.690. The third kappa shape index (κ3) is 2.20. The second-order valence-corrected chi connectivity index (χ2v) is 3.01. The van der Waals surface area contributed by atoms with Crippen LogP contribution in [0.25, 0.3) is 0 Å². The molecule has 1 heterocycles. The van der Waals surface area contributed by atoms with Crippen molar-refractivity contribution in [3.05, 3.63) is 0 Å². The molecule has 0 saturated carbocycles. The quantitative estimate of drug-likeness (QED) is 0.485. The summed E-state index contributed by atoms with van der Waals surface area (Å²) in [5, 5.41) is 0. The molecule has 2 atom stereocenters. The zero-order valence-electron chi connectivity index (χ0n) is 7.91. The number of rotatable bonds is 3. The lowest BCUT2D eigenvalue weighted by molar-refractivity contribution is -0.156. The Morgan fingerprint density at radius 3 is 2.77 bits per heavy atom. The molecule has 0 aromatic heterocycles. The Balaban J connectivity index is 2.52. The lowest BCUT2D eigenvalue weighted by atomic mass is 10.0. The summed E-state index contributed by atoms with van der Waals surface area (Å²) in [7, 11) is 0. The van der Waals surface area contributed by atoms with Gasteiger partial charge in [0.2, 0.25) is 0 Å². The fourth-order valence-corrected chi connectivity index (χ4v) is 1.34. The molecular weight excluding hydrogens is 172 g/mol. The van der Waals surface area contributed by atoms with E-state index < -0.39 is 17.9 Å². The van der Waals surface area contributed by atoms with E-state index in [1.54, 1.807) is 6.92 Å². The minimum absolute atomic E-state index is 0.109. The largest absolute Gasteiger partial charge is 0.465 e. The van der Waals surface area contributed by atoms with Gasteiger partial charge < -0.3 is 9.47 Å². The van der Waals surface area contributed by atoms with Gasteiger partial charge in [0, 0.05) is 6.42 Å². The average Bonchev–Trinajstić information content (AvgIpc) is 2.47. The Bertz CT molecular complexity index is 212. The molecule has 0 amide bonds. The number of carbonyl (C=O) groups is 2. The topological polar surface area (TPSA) is 52.6 Å². The van der Waals surface area contributed by atoms with Crippen molar-refractivity contribution in [1.29, 1.82) is 0 Å². The molecule has 0 aromatic rings. The highest BCUT2D eigenvalue weighted by atomic mass is 16.6. The lowest BCUT2D eigenvalue weighted by Gasteiger charge is -2.03. The second-order valence-electron chi connectivity index (χ2n) is 3.01. The van der Waals surface area contributed by atoms with Gasteiger partial charge >= 0.3 is 11.9 Å². The van der Waals surface area contributed by atoms with Gasteiger partial charge in [-0.15, -0.1) is 0 Å². The summed E-state index contributed by atoms with van der Waals surface area (Å²) in [5.41, 5.74) is 0. The third-order valence-electron chi connectivity index (χ3n) is 2.09. The van der Waals surface area contributed by atoms with Gasteiger partial charge in [0.05, 0.1) is 6.61 Å². The van der Waals surface area contributed by atoms with Gasteiger partial charge in [-0.25, -0.2) is 0 Å². The molecule has 0 aromatic carbocycles. The van der Waals surface area contributed by atoms with E-state index in [-0.39, 0.29) is 6.10 Å². The predicted molar refractivity (Wildman–Crippen MR) is 44.9 cm³/mol. The van der Waals surface area contributed by atoms with E-state index in [2.05, 4.69) is 0 Å². The fraction of sp³-hybridized carbons (Fsp3) is 0.778. The Morgan fingerprint density at radius 2 is 2.31 bits per heavy atom. The number of ether oxygens (including phenoxy) is 2. The third-order valence-corrected chi connectivity index (χ3v) is 2.09. The lowest BCUT2D eigenvalue weighted by Crippen LogP contribution is -2.21. The summed E-state index contributed by atoms with van der Waals surface area (Å²) in [6.45, 7) is 3.94. The van der Waals surface area contributed by atoms with Crippen LogP contribution in [0.15, 0.2) is 0 Å². The van der Waals surface area contributed by atoms with Gasteiger partial charge in [0.25, 0.3) is 0 Å². The molecule has 4 heteroatoms. The maximum atomic E-state index is 11.2. The first-order chi connectivity index (χ1) is 6.19. The van der Waals surface area contributed by atoms with E-state index in [1.807, 2.05) is 6.92 Å². The van der Waals surface area contributed by atoms with Crippen LogP contribution in [0.3, 0.4) is 0 Å². The van der Waals surface area contributed by atoms with Crippen LogP contribution >= 0.6 is 0 Å². The standard InChI is InChI=1S/C9H14O4/c1-3-6-5-7(9(11)13-6)8(10)12-4-2/h6-7H,3-5H2,1-2H3. The van der Waals surface area contributed by atoms with Crippen LogP contribution in [-0.4, -0.2) is 24.6 Å². The van der Waals surface area contributed by atoms with E-state index >= 15 is 0 Å². The van der Waals surface area contributed by atoms with Crippen molar-refractivity contribution in [2.24, 2.45) is 5.92 Å². The summed E-state index contributed by atoms with van der Waals surface area (Å²) >= 11 is 0. The molecule has 0 radical (unpaired) electrons. The van der Waals surface area contributed by atoms with Crippen molar-refractivity contribution in [1.82, 2.24) is 0 Å². The predicted octanol–water partition coefficient (Wildman–Crippen LogP) is 0.891. The number of carbonyl (C=O) groups excluding carboxylic acids is 2. The van der Waals surface area contributed by atoms with Crippen molar-refractivity contribution in [2.45, 2.75) is 32.8 Å². The number of hydrogen-bond acceptors (Lipinski definition) is 4. The van der Waals surface area contributed by atoms with Crippen LogP contribution in [0.5, 0.6) is 0 Å². The smallest absolute Gasteiger partial charge is 0.320 e. The highest BCUT2D eigenvalue weighted by molar-refractivity contribution is 5.96. The normalized spacial score (nSPS) is 27.1. The van der Waals surface area contributed by atoms with Crippen molar-refractivity contribution in [2.75, 3.05) is 6.61 Å². The Hall–Kier alpha value is -1.06. The van der Waals surface area contributed by atoms with Gasteiger partial charge in [-0.05, 0) is 13.3 Å². The molecule has 1 rings (SSSR count). The Kier molecular flexibility index (Phi) is 3.28. The summed E-state index contributed by atoms with van der Waals surface area (Å²) in [6.07, 6.45) is 1.11. The summed E-state index contributed by atoms with van der Waals surface area (Å²) < 4.78 is 9.70. The van der Waals surface area contributed by atoms with Crippen LogP contribution in [-0.2, 0) is 19.1 Å². The molecule has 2 unspecified atom stereocenters. The zero-order chi connectivity index (χ0) is 9.84. The van der Waals surface area contributed by atoms with Crippen LogP contribution in [0, 0.1) is 5.92 Å². The highest BCUT2D eigenvalue weighted by Gasteiger charge is 2.39. The number of hydrogen-bond donors (Lipinski definition) is 0. The maximum Gasteiger partial charge on any atom is 0.320 e. The average molecular weight is 186 g/mol. The Labute approximate surface area is 77.2 Å². The van der Waals surface area contributed by atoms with E-state index in [0.29, 0.717) is 13.0 Å². The minimum Gasteiger partial charge on any atom is -0.465 e. The van der Waals surface area contributed by atoms with Crippen molar-refractivity contribution >= 4 is 11.9 Å². The molecule has 1 saturated heterocycles. The number of cyclic esters (lactones) is 1. The molecule has 0 spiro atoms. The van der Waals surface area contributed by atoms with Crippen LogP contribution in [0.4, 0.5) is 0 Å². The van der Waals surface area contributed by atoms with E-state index in [0.717, 1.165) is 6.42 Å². The summed E-state index contributed by atoms with van der Waals surface area (Å²) in [4.78, 5) is 22.3. The fourth-order valence-electron chi connectivity index (χ4n) is 1.34. The SMILES string of the molecule is CCOC(=O)C1CC(CC)OC1=O. The van der Waals surface area contributed by atoms with E-state index in [4.69, 9.17) is 9.47 Å². The first kappa shape index (κ1) is 10.0. The first-order valence-electron chi connectivity index (χ1n) is 4.56. The molecule has 0 aliphatic carbocycles. The van der Waals surface area contributed by atoms with Crippen molar-refractivity contribution in [3.63, 3.8) is 0 Å². The van der Waals surface area contributed by atoms with E-state index in [1.165, 1.54) is 0 Å². The van der Waals surface area contributed by atoms with E-state index in [9.17, 15) is 9.59 Å². The molecule has 13 heavy (non-hydrogen) atoms. The molecule has 74 valence electrons. The molecule has 1 aliphatic heterocycles. The van der Waals surface area contributed by atoms with Crippen molar-refractivity contribution < 1.29 is 19.1 Å². The highest BCUT2D eigenvalue weighted by Crippen LogP contribution is 2.24. The van der Waals surface area contributed by atoms with Gasteiger partial charge in [0.1, 0.15) is 6.10 Å². The van der Waals surface area contributed by atoms with Gasteiger partial charge in [0.15, 0.2) is 5.92 Å². The molecular formula is C9H14O4. The second kappa shape index (κ2) is 4.25. The van der Waals surface area contributed by atoms with Gasteiger partial charge in [-0.1, -0.05) is 6.92 Å².